The molecule has 3 rings (SSSR count). The first-order valence-electron chi connectivity index (χ1n) is 6.25. The molecule has 2 N–H and O–H groups in total. The van der Waals surface area contributed by atoms with Crippen molar-refractivity contribution in [3.05, 3.63) is 52.8 Å². The summed E-state index contributed by atoms with van der Waals surface area (Å²) < 4.78 is 10.4. The van der Waals surface area contributed by atoms with Crippen LogP contribution >= 0.6 is 12.2 Å². The van der Waals surface area contributed by atoms with Gasteiger partial charge in [0, 0.05) is 17.8 Å². The molecule has 0 fully saturated rings. The van der Waals surface area contributed by atoms with E-state index in [1.807, 2.05) is 6.07 Å². The van der Waals surface area contributed by atoms with Crippen molar-refractivity contribution in [3.8, 4) is 6.07 Å². The number of fused-ring (bicyclic) bond motifs is 1. The maximum absolute atomic E-state index is 12.1. The smallest absolute Gasteiger partial charge is 0.266 e. The van der Waals surface area contributed by atoms with E-state index in [-0.39, 0.29) is 10.4 Å². The fourth-order valence-electron chi connectivity index (χ4n) is 1.89. The number of carbonyl (C=O) groups excluding carboxylic acids is 1. The van der Waals surface area contributed by atoms with Crippen molar-refractivity contribution >= 4 is 41.0 Å². The van der Waals surface area contributed by atoms with Gasteiger partial charge in [0.25, 0.3) is 10.7 Å². The Labute approximate surface area is 129 Å². The maximum atomic E-state index is 12.1. The summed E-state index contributed by atoms with van der Waals surface area (Å²) in [7, 11) is 0. The van der Waals surface area contributed by atoms with Crippen LogP contribution in [-0.4, -0.2) is 10.9 Å². The summed E-state index contributed by atoms with van der Waals surface area (Å²) in [6.45, 7) is 0. The van der Waals surface area contributed by atoms with E-state index in [9.17, 15) is 4.79 Å². The summed E-state index contributed by atoms with van der Waals surface area (Å²) in [6.07, 6.45) is 2.84. The summed E-state index contributed by atoms with van der Waals surface area (Å²) in [6, 6.07) is 10.2. The summed E-state index contributed by atoms with van der Waals surface area (Å²) in [5, 5.41) is 11.7. The Balaban J connectivity index is 1.85. The molecule has 0 saturated heterocycles. The van der Waals surface area contributed by atoms with Gasteiger partial charge in [-0.3, -0.25) is 4.79 Å². The van der Waals surface area contributed by atoms with Gasteiger partial charge in [-0.2, -0.15) is 5.26 Å². The number of nitrogens with one attached hydrogen (secondary N) is 2. The van der Waals surface area contributed by atoms with E-state index in [4.69, 9.17) is 26.3 Å². The van der Waals surface area contributed by atoms with Crippen LogP contribution in [0.4, 0.5) is 5.69 Å². The number of aromatic amines is 1. The zero-order valence-corrected chi connectivity index (χ0v) is 11.9. The van der Waals surface area contributed by atoms with Crippen molar-refractivity contribution < 1.29 is 13.6 Å². The molecular weight excluding hydrogens is 302 g/mol. The number of hydrogen-bond donors (Lipinski definition) is 2. The van der Waals surface area contributed by atoms with Crippen molar-refractivity contribution in [3.63, 3.8) is 0 Å². The van der Waals surface area contributed by atoms with Crippen LogP contribution in [0.3, 0.4) is 0 Å². The molecule has 7 heteroatoms. The van der Waals surface area contributed by atoms with Crippen molar-refractivity contribution in [2.75, 3.05) is 5.32 Å². The minimum absolute atomic E-state index is 0.0648. The fourth-order valence-corrected chi connectivity index (χ4v) is 2.09. The van der Waals surface area contributed by atoms with E-state index >= 15 is 0 Å². The van der Waals surface area contributed by atoms with Crippen LogP contribution in [0.15, 0.2) is 51.0 Å². The molecule has 6 nitrogen and oxygen atoms in total. The molecule has 108 valence electrons. The van der Waals surface area contributed by atoms with Crippen LogP contribution in [0.2, 0.25) is 0 Å². The maximum Gasteiger partial charge on any atom is 0.266 e. The number of rotatable bonds is 3. The highest BCUT2D eigenvalue weighted by Crippen LogP contribution is 2.19. The van der Waals surface area contributed by atoms with E-state index in [1.54, 1.807) is 30.3 Å². The molecule has 1 amide bonds. The molecule has 1 aromatic carbocycles. The Morgan fingerprint density at radius 2 is 2.27 bits per heavy atom. The molecule has 3 aromatic rings. The number of hydrogen-bond acceptors (Lipinski definition) is 5. The number of nitrogens with zero attached hydrogens (tertiary/aromatic N) is 1. The number of H-pyrrole nitrogens is 1. The van der Waals surface area contributed by atoms with Gasteiger partial charge in [-0.15, -0.1) is 0 Å². The third-order valence-electron chi connectivity index (χ3n) is 2.87. The number of benzene rings is 1. The van der Waals surface area contributed by atoms with Crippen molar-refractivity contribution in [2.24, 2.45) is 0 Å². The van der Waals surface area contributed by atoms with E-state index in [2.05, 4.69) is 10.3 Å². The van der Waals surface area contributed by atoms with Crippen molar-refractivity contribution in [2.45, 2.75) is 0 Å². The van der Waals surface area contributed by atoms with Gasteiger partial charge in [0.05, 0.1) is 11.8 Å². The summed E-state index contributed by atoms with van der Waals surface area (Å²) in [5.41, 5.74) is 1.69. The number of oxazole rings is 1. The quantitative estimate of drug-likeness (QED) is 0.437. The van der Waals surface area contributed by atoms with Crippen LogP contribution in [0.1, 0.15) is 5.76 Å². The molecule has 0 atom stereocenters. The molecule has 2 heterocycles. The SMILES string of the molecule is N#C/C(=C/c1ccco1)C(=O)Nc1ccc2[nH]c(=S)oc2c1. The first-order chi connectivity index (χ1) is 10.7. The first-order valence-corrected chi connectivity index (χ1v) is 6.66. The third-order valence-corrected chi connectivity index (χ3v) is 3.06. The second-order valence-electron chi connectivity index (χ2n) is 4.36. The van der Waals surface area contributed by atoms with Gasteiger partial charge in [-0.25, -0.2) is 0 Å². The van der Waals surface area contributed by atoms with Gasteiger partial charge in [0.2, 0.25) is 0 Å². The molecule has 0 spiro atoms. The molecule has 0 bridgehead atoms. The minimum atomic E-state index is -0.535. The lowest BCUT2D eigenvalue weighted by Crippen LogP contribution is -2.13. The molecular formula is C15H9N3O3S. The Kier molecular flexibility index (Phi) is 3.60. The Morgan fingerprint density at radius 3 is 3.00 bits per heavy atom. The van der Waals surface area contributed by atoms with Gasteiger partial charge in [0.1, 0.15) is 17.4 Å². The average molecular weight is 311 g/mol. The zero-order chi connectivity index (χ0) is 15.5. The topological polar surface area (TPSA) is 95.0 Å². The molecule has 2 aromatic heterocycles. The van der Waals surface area contributed by atoms with Crippen molar-refractivity contribution in [1.82, 2.24) is 4.98 Å². The molecule has 0 unspecified atom stereocenters. The summed E-state index contributed by atoms with van der Waals surface area (Å²) >= 11 is 4.90. The predicted molar refractivity (Wildman–Crippen MR) is 82.3 cm³/mol. The average Bonchev–Trinajstić information content (AvgIpc) is 3.12. The van der Waals surface area contributed by atoms with E-state index in [1.165, 1.54) is 12.3 Å². The monoisotopic (exact) mass is 311 g/mol. The summed E-state index contributed by atoms with van der Waals surface area (Å²) in [4.78, 5) is 15.2. The van der Waals surface area contributed by atoms with E-state index < -0.39 is 5.91 Å². The van der Waals surface area contributed by atoms with Gasteiger partial charge in [-0.05, 0) is 36.5 Å². The van der Waals surface area contributed by atoms with Crippen LogP contribution in [-0.2, 0) is 4.79 Å². The normalized spacial score (nSPS) is 11.3. The highest BCUT2D eigenvalue weighted by atomic mass is 32.1. The highest BCUT2D eigenvalue weighted by Gasteiger charge is 2.11. The highest BCUT2D eigenvalue weighted by molar-refractivity contribution is 7.71. The second kappa shape index (κ2) is 5.71. The van der Waals surface area contributed by atoms with Gasteiger partial charge in [0.15, 0.2) is 5.58 Å². The number of aromatic nitrogens is 1. The Hall–Kier alpha value is -3.11. The zero-order valence-electron chi connectivity index (χ0n) is 11.1. The fraction of sp³-hybridized carbons (Fsp3) is 0. The number of nitriles is 1. The van der Waals surface area contributed by atoms with Crippen LogP contribution < -0.4 is 5.32 Å². The molecule has 0 saturated carbocycles. The molecule has 0 radical (unpaired) electrons. The molecule has 22 heavy (non-hydrogen) atoms. The number of anilines is 1. The van der Waals surface area contributed by atoms with Crippen LogP contribution in [0.5, 0.6) is 0 Å². The van der Waals surface area contributed by atoms with E-state index in [0.29, 0.717) is 17.0 Å². The predicted octanol–water partition coefficient (Wildman–Crippen LogP) is 3.63. The largest absolute Gasteiger partial charge is 0.465 e. The molecule has 0 aliphatic heterocycles. The first kappa shape index (κ1) is 13.9. The molecule has 0 aliphatic carbocycles. The Morgan fingerprint density at radius 1 is 1.41 bits per heavy atom. The number of carbonyl (C=O) groups is 1. The number of furan rings is 1. The lowest BCUT2D eigenvalue weighted by molar-refractivity contribution is -0.112. The van der Waals surface area contributed by atoms with Crippen LogP contribution in [0.25, 0.3) is 17.2 Å². The molecule has 0 aliphatic rings. The van der Waals surface area contributed by atoms with Gasteiger partial charge in [-0.1, -0.05) is 0 Å². The number of amides is 1. The summed E-state index contributed by atoms with van der Waals surface area (Å²) in [5.74, 6) is -0.106. The Bertz CT molecular complexity index is 958. The van der Waals surface area contributed by atoms with E-state index in [0.717, 1.165) is 5.52 Å². The lowest BCUT2D eigenvalue weighted by atomic mass is 10.2. The van der Waals surface area contributed by atoms with Gasteiger partial charge < -0.3 is 19.1 Å². The standard InChI is InChI=1S/C15H9N3O3S/c16-8-9(6-11-2-1-5-20-11)14(19)17-10-3-4-12-13(7-10)21-15(22)18-12/h1-7H,(H,17,19)(H,18,22)/b9-6-. The lowest BCUT2D eigenvalue weighted by Gasteiger charge is -2.03. The minimum Gasteiger partial charge on any atom is -0.465 e. The van der Waals surface area contributed by atoms with Crippen molar-refractivity contribution in [1.29, 1.82) is 5.26 Å². The second-order valence-corrected chi connectivity index (χ2v) is 4.74. The third kappa shape index (κ3) is 2.82. The van der Waals surface area contributed by atoms with Gasteiger partial charge >= 0.3 is 0 Å². The van der Waals surface area contributed by atoms with Crippen LogP contribution in [0, 0.1) is 16.2 Å².